The van der Waals surface area contributed by atoms with E-state index in [2.05, 4.69) is 0 Å². The van der Waals surface area contributed by atoms with Crippen LogP contribution in [0.2, 0.25) is 5.02 Å². The molecule has 0 aliphatic carbocycles. The molecule has 3 rings (SSSR count). The zero-order valence-corrected chi connectivity index (χ0v) is 16.2. The van der Waals surface area contributed by atoms with Crippen molar-refractivity contribution in [3.05, 3.63) is 33.9 Å². The van der Waals surface area contributed by atoms with Crippen molar-refractivity contribution in [1.29, 1.82) is 0 Å². The summed E-state index contributed by atoms with van der Waals surface area (Å²) in [5.41, 5.74) is 0. The lowest BCUT2D eigenvalue weighted by atomic mass is 10.1. The van der Waals surface area contributed by atoms with Gasteiger partial charge in [-0.15, -0.1) is 11.3 Å². The fourth-order valence-corrected chi connectivity index (χ4v) is 5.28. The minimum absolute atomic E-state index is 0.106. The Hall–Kier alpha value is -1.22. The average Bonchev–Trinajstić information content (AvgIpc) is 2.89. The Kier molecular flexibility index (Phi) is 5.07. The summed E-state index contributed by atoms with van der Waals surface area (Å²) in [6, 6.07) is 4.16. The molecule has 1 amide bonds. The van der Waals surface area contributed by atoms with Crippen LogP contribution < -0.4 is 0 Å². The number of hydrogen-bond acceptors (Lipinski definition) is 4. The molecule has 25 heavy (non-hydrogen) atoms. The summed E-state index contributed by atoms with van der Waals surface area (Å²) >= 11 is 7.50. The van der Waals surface area contributed by atoms with E-state index >= 15 is 0 Å². The number of rotatable bonds is 3. The normalized spacial score (nSPS) is 16.8. The number of carbonyl (C=O) groups is 1. The summed E-state index contributed by atoms with van der Waals surface area (Å²) < 4.78 is 38.6. The van der Waals surface area contributed by atoms with Gasteiger partial charge in [0.25, 0.3) is 5.91 Å². The molecule has 1 aliphatic heterocycles. The predicted octanol–water partition coefficient (Wildman–Crippen LogP) is 3.19. The summed E-state index contributed by atoms with van der Waals surface area (Å²) in [5, 5.41) is 1.02. The molecule has 1 fully saturated rings. The van der Waals surface area contributed by atoms with E-state index in [1.807, 2.05) is 0 Å². The zero-order valence-electron chi connectivity index (χ0n) is 13.8. The third-order valence-electron chi connectivity index (χ3n) is 4.57. The second-order valence-electron chi connectivity index (χ2n) is 6.19. The molecule has 0 radical (unpaired) electrons. The minimum atomic E-state index is -3.25. The SMILES string of the molecule is CN(C1CCN(C(=O)c2sc3cc(F)ccc3c2Cl)CC1)S(C)(=O)=O. The Bertz CT molecular complexity index is 921. The molecule has 2 aromatic rings. The van der Waals surface area contributed by atoms with E-state index in [1.54, 1.807) is 18.0 Å². The number of benzene rings is 1. The number of piperidine rings is 1. The molecule has 1 aromatic carbocycles. The van der Waals surface area contributed by atoms with E-state index in [0.29, 0.717) is 45.9 Å². The fraction of sp³-hybridized carbons (Fsp3) is 0.438. The van der Waals surface area contributed by atoms with Gasteiger partial charge in [0, 0.05) is 36.3 Å². The van der Waals surface area contributed by atoms with E-state index < -0.39 is 10.0 Å². The van der Waals surface area contributed by atoms with Gasteiger partial charge in [-0.25, -0.2) is 17.1 Å². The van der Waals surface area contributed by atoms with Crippen LogP contribution in [0.15, 0.2) is 18.2 Å². The lowest BCUT2D eigenvalue weighted by molar-refractivity contribution is 0.0691. The van der Waals surface area contributed by atoms with Crippen LogP contribution in [0.5, 0.6) is 0 Å². The van der Waals surface area contributed by atoms with E-state index in [-0.39, 0.29) is 17.8 Å². The summed E-state index contributed by atoms with van der Waals surface area (Å²) in [4.78, 5) is 14.9. The van der Waals surface area contributed by atoms with Gasteiger partial charge in [-0.2, -0.15) is 0 Å². The van der Waals surface area contributed by atoms with Gasteiger partial charge in [-0.1, -0.05) is 11.6 Å². The van der Waals surface area contributed by atoms with Crippen molar-refractivity contribution in [2.45, 2.75) is 18.9 Å². The topological polar surface area (TPSA) is 57.7 Å². The van der Waals surface area contributed by atoms with Gasteiger partial charge in [0.2, 0.25) is 10.0 Å². The highest BCUT2D eigenvalue weighted by molar-refractivity contribution is 7.88. The number of halogens is 2. The first-order valence-electron chi connectivity index (χ1n) is 7.78. The molecule has 1 aromatic heterocycles. The van der Waals surface area contributed by atoms with Gasteiger partial charge in [-0.05, 0) is 31.0 Å². The third-order valence-corrected chi connectivity index (χ3v) is 7.56. The maximum absolute atomic E-state index is 13.4. The monoisotopic (exact) mass is 404 g/mol. The molecule has 0 spiro atoms. The molecule has 0 bridgehead atoms. The number of fused-ring (bicyclic) bond motifs is 1. The molecule has 5 nitrogen and oxygen atoms in total. The number of thiophene rings is 1. The number of sulfonamides is 1. The van der Waals surface area contributed by atoms with Crippen LogP contribution in [0.4, 0.5) is 4.39 Å². The first kappa shape index (κ1) is 18.6. The number of likely N-dealkylation sites (tertiary alicyclic amines) is 1. The van der Waals surface area contributed by atoms with Crippen LogP contribution in [0, 0.1) is 5.82 Å². The smallest absolute Gasteiger partial charge is 0.265 e. The maximum Gasteiger partial charge on any atom is 0.265 e. The molecule has 0 N–H and O–H groups in total. The zero-order chi connectivity index (χ0) is 18.4. The first-order valence-corrected chi connectivity index (χ1v) is 10.8. The molecule has 136 valence electrons. The summed E-state index contributed by atoms with van der Waals surface area (Å²) in [7, 11) is -1.68. The van der Waals surface area contributed by atoms with Crippen LogP contribution >= 0.6 is 22.9 Å². The maximum atomic E-state index is 13.4. The van der Waals surface area contributed by atoms with E-state index in [1.165, 1.54) is 34.0 Å². The number of hydrogen-bond donors (Lipinski definition) is 0. The molecule has 1 aliphatic rings. The number of nitrogens with zero attached hydrogens (tertiary/aromatic N) is 2. The minimum Gasteiger partial charge on any atom is -0.338 e. The quantitative estimate of drug-likeness (QED) is 0.789. The van der Waals surface area contributed by atoms with Crippen LogP contribution in [0.1, 0.15) is 22.5 Å². The Labute approximate surface area is 155 Å². The summed E-state index contributed by atoms with van der Waals surface area (Å²) in [6.45, 7) is 0.921. The largest absolute Gasteiger partial charge is 0.338 e. The van der Waals surface area contributed by atoms with Gasteiger partial charge in [0.1, 0.15) is 10.7 Å². The molecular weight excluding hydrogens is 387 g/mol. The highest BCUT2D eigenvalue weighted by Crippen LogP contribution is 2.37. The number of carbonyl (C=O) groups excluding carboxylic acids is 1. The second-order valence-corrected chi connectivity index (χ2v) is 9.66. The molecule has 0 atom stereocenters. The van der Waals surface area contributed by atoms with Crippen LogP contribution in [0.3, 0.4) is 0 Å². The van der Waals surface area contributed by atoms with Gasteiger partial charge >= 0.3 is 0 Å². The predicted molar refractivity (Wildman–Crippen MR) is 98.3 cm³/mol. The van der Waals surface area contributed by atoms with E-state index in [0.717, 1.165) is 0 Å². The summed E-state index contributed by atoms with van der Waals surface area (Å²) in [6.07, 6.45) is 2.33. The van der Waals surface area contributed by atoms with Crippen molar-refractivity contribution < 1.29 is 17.6 Å². The highest BCUT2D eigenvalue weighted by atomic mass is 35.5. The van der Waals surface area contributed by atoms with Crippen molar-refractivity contribution in [2.24, 2.45) is 0 Å². The molecular formula is C16H18ClFN2O3S2. The van der Waals surface area contributed by atoms with Crippen molar-refractivity contribution >= 4 is 49.0 Å². The molecule has 0 unspecified atom stereocenters. The van der Waals surface area contributed by atoms with Gasteiger partial charge in [0.15, 0.2) is 0 Å². The Morgan fingerprint density at radius 2 is 2.00 bits per heavy atom. The van der Waals surface area contributed by atoms with Crippen LogP contribution in [0.25, 0.3) is 10.1 Å². The van der Waals surface area contributed by atoms with E-state index in [4.69, 9.17) is 11.6 Å². The van der Waals surface area contributed by atoms with Crippen LogP contribution in [-0.4, -0.2) is 56.0 Å². The molecule has 9 heteroatoms. The lowest BCUT2D eigenvalue weighted by Gasteiger charge is -2.35. The van der Waals surface area contributed by atoms with Gasteiger partial charge < -0.3 is 4.90 Å². The van der Waals surface area contributed by atoms with Gasteiger partial charge in [-0.3, -0.25) is 4.79 Å². The first-order chi connectivity index (χ1) is 11.7. The second kappa shape index (κ2) is 6.83. The van der Waals surface area contributed by atoms with E-state index in [9.17, 15) is 17.6 Å². The number of amides is 1. The van der Waals surface area contributed by atoms with Crippen molar-refractivity contribution in [1.82, 2.24) is 9.21 Å². The lowest BCUT2D eigenvalue weighted by Crippen LogP contribution is -2.46. The average molecular weight is 405 g/mol. The highest BCUT2D eigenvalue weighted by Gasteiger charge is 2.31. The van der Waals surface area contributed by atoms with Gasteiger partial charge in [0.05, 0.1) is 11.3 Å². The van der Waals surface area contributed by atoms with Crippen LogP contribution in [-0.2, 0) is 10.0 Å². The Balaban J connectivity index is 1.76. The van der Waals surface area contributed by atoms with Crippen molar-refractivity contribution in [3.63, 3.8) is 0 Å². The third kappa shape index (κ3) is 3.67. The fourth-order valence-electron chi connectivity index (χ4n) is 3.02. The molecule has 0 saturated carbocycles. The molecule has 1 saturated heterocycles. The van der Waals surface area contributed by atoms with Crippen molar-refractivity contribution in [3.8, 4) is 0 Å². The van der Waals surface area contributed by atoms with Crippen molar-refractivity contribution in [2.75, 3.05) is 26.4 Å². The molecule has 2 heterocycles. The Morgan fingerprint density at radius 1 is 1.36 bits per heavy atom. The summed E-state index contributed by atoms with van der Waals surface area (Å²) in [5.74, 6) is -0.555. The standard InChI is InChI=1S/C16H18ClFN2O3S2/c1-19(25(2,22)23)11-5-7-20(8-6-11)16(21)15-14(17)12-4-3-10(18)9-13(12)24-15/h3-4,9,11H,5-8H2,1-2H3. The Morgan fingerprint density at radius 3 is 2.60 bits per heavy atom.